The first-order valence-electron chi connectivity index (χ1n) is 6.33. The second kappa shape index (κ2) is 5.54. The van der Waals surface area contributed by atoms with Crippen LogP contribution in [0.1, 0.15) is 5.56 Å². The summed E-state index contributed by atoms with van der Waals surface area (Å²) in [6.07, 6.45) is 0. The number of nitrogen functional groups attached to an aromatic ring is 1. The van der Waals surface area contributed by atoms with Crippen LogP contribution in [0.25, 0.3) is 22.5 Å². The van der Waals surface area contributed by atoms with E-state index in [1.165, 1.54) is 0 Å². The summed E-state index contributed by atoms with van der Waals surface area (Å²) in [5, 5.41) is 4.56. The fraction of sp³-hybridized carbons (Fsp3) is 0.0625. The summed E-state index contributed by atoms with van der Waals surface area (Å²) in [7, 11) is 0. The van der Waals surface area contributed by atoms with Crippen molar-refractivity contribution in [2.75, 3.05) is 5.73 Å². The number of benzene rings is 2. The van der Waals surface area contributed by atoms with E-state index in [9.17, 15) is 0 Å². The molecule has 2 N–H and O–H groups in total. The number of aryl methyl sites for hydroxylation is 1. The molecule has 0 unspecified atom stereocenters. The van der Waals surface area contributed by atoms with Crippen molar-refractivity contribution in [3.63, 3.8) is 0 Å². The number of anilines is 1. The number of hydrogen-bond donors (Lipinski definition) is 1. The lowest BCUT2D eigenvalue weighted by Gasteiger charge is -2.05. The molecule has 0 atom stereocenters. The smallest absolute Gasteiger partial charge is 0.176 e. The van der Waals surface area contributed by atoms with Crippen LogP contribution in [0.3, 0.4) is 0 Å². The molecule has 21 heavy (non-hydrogen) atoms. The van der Waals surface area contributed by atoms with Gasteiger partial charge in [0.25, 0.3) is 0 Å². The SMILES string of the molecule is Cc1cc(Cl)cc(-c2onc(N)c2-c2cccc(Br)c2)c1. The maximum atomic E-state index is 6.13. The summed E-state index contributed by atoms with van der Waals surface area (Å²) in [4.78, 5) is 0. The molecule has 0 aliphatic heterocycles. The fourth-order valence-electron chi connectivity index (χ4n) is 2.29. The van der Waals surface area contributed by atoms with Gasteiger partial charge in [-0.3, -0.25) is 0 Å². The highest BCUT2D eigenvalue weighted by Crippen LogP contribution is 2.38. The Morgan fingerprint density at radius 1 is 1.14 bits per heavy atom. The van der Waals surface area contributed by atoms with E-state index in [4.69, 9.17) is 21.9 Å². The number of nitrogens with two attached hydrogens (primary N) is 1. The summed E-state index contributed by atoms with van der Waals surface area (Å²) < 4.78 is 6.40. The molecule has 1 heterocycles. The zero-order valence-corrected chi connectivity index (χ0v) is 13.6. The second-order valence-corrected chi connectivity index (χ2v) is 6.15. The molecule has 3 rings (SSSR count). The van der Waals surface area contributed by atoms with Gasteiger partial charge in [-0.05, 0) is 48.4 Å². The van der Waals surface area contributed by atoms with Crippen LogP contribution >= 0.6 is 27.5 Å². The number of hydrogen-bond acceptors (Lipinski definition) is 3. The minimum Gasteiger partial charge on any atom is -0.380 e. The van der Waals surface area contributed by atoms with Crippen LogP contribution in [0.4, 0.5) is 5.82 Å². The zero-order chi connectivity index (χ0) is 15.0. The van der Waals surface area contributed by atoms with E-state index in [-0.39, 0.29) is 0 Å². The average molecular weight is 364 g/mol. The first-order valence-corrected chi connectivity index (χ1v) is 7.50. The fourth-order valence-corrected chi connectivity index (χ4v) is 2.98. The van der Waals surface area contributed by atoms with Crippen LogP contribution in [0.2, 0.25) is 5.02 Å². The van der Waals surface area contributed by atoms with Gasteiger partial charge in [-0.2, -0.15) is 0 Å². The molecule has 0 fully saturated rings. The van der Waals surface area contributed by atoms with Gasteiger partial charge in [0.15, 0.2) is 11.6 Å². The maximum Gasteiger partial charge on any atom is 0.176 e. The third kappa shape index (κ3) is 2.82. The van der Waals surface area contributed by atoms with Gasteiger partial charge in [0, 0.05) is 15.1 Å². The normalized spacial score (nSPS) is 10.8. The van der Waals surface area contributed by atoms with E-state index in [0.29, 0.717) is 16.6 Å². The number of nitrogens with zero attached hydrogens (tertiary/aromatic N) is 1. The van der Waals surface area contributed by atoms with Crippen LogP contribution in [-0.2, 0) is 0 Å². The van der Waals surface area contributed by atoms with E-state index < -0.39 is 0 Å². The number of halogens is 2. The molecule has 0 radical (unpaired) electrons. The summed E-state index contributed by atoms with van der Waals surface area (Å²) in [5.41, 5.74) is 9.61. The molecule has 2 aromatic carbocycles. The predicted molar refractivity (Wildman–Crippen MR) is 89.2 cm³/mol. The quantitative estimate of drug-likeness (QED) is 0.671. The van der Waals surface area contributed by atoms with Gasteiger partial charge in [0.1, 0.15) is 0 Å². The molecule has 0 amide bonds. The molecule has 3 aromatic rings. The Labute approximate surface area is 135 Å². The predicted octanol–water partition coefficient (Wildman–Crippen LogP) is 5.32. The van der Waals surface area contributed by atoms with Crippen LogP contribution in [0, 0.1) is 6.92 Å². The largest absolute Gasteiger partial charge is 0.380 e. The Hall–Kier alpha value is -1.78. The van der Waals surface area contributed by atoms with Crippen molar-refractivity contribution < 1.29 is 4.52 Å². The summed E-state index contributed by atoms with van der Waals surface area (Å²) in [5.74, 6) is 0.983. The van der Waals surface area contributed by atoms with Crippen molar-refractivity contribution in [3.8, 4) is 22.5 Å². The van der Waals surface area contributed by atoms with E-state index >= 15 is 0 Å². The molecule has 0 aliphatic rings. The average Bonchev–Trinajstić information content (AvgIpc) is 2.79. The van der Waals surface area contributed by atoms with Crippen molar-refractivity contribution >= 4 is 33.3 Å². The molecule has 0 saturated heterocycles. The molecule has 0 spiro atoms. The Morgan fingerprint density at radius 2 is 1.95 bits per heavy atom. The molecule has 5 heteroatoms. The highest BCUT2D eigenvalue weighted by Gasteiger charge is 2.18. The highest BCUT2D eigenvalue weighted by molar-refractivity contribution is 9.10. The van der Waals surface area contributed by atoms with Crippen molar-refractivity contribution in [2.24, 2.45) is 0 Å². The molecule has 106 valence electrons. The number of rotatable bonds is 2. The number of aromatic nitrogens is 1. The molecule has 0 bridgehead atoms. The van der Waals surface area contributed by atoms with E-state index in [0.717, 1.165) is 26.7 Å². The molecular weight excluding hydrogens is 352 g/mol. The summed E-state index contributed by atoms with van der Waals surface area (Å²) in [6.45, 7) is 1.98. The van der Waals surface area contributed by atoms with Gasteiger partial charge in [0.2, 0.25) is 0 Å². The Balaban J connectivity index is 2.21. The van der Waals surface area contributed by atoms with Gasteiger partial charge in [-0.15, -0.1) is 0 Å². The van der Waals surface area contributed by atoms with Gasteiger partial charge in [0.05, 0.1) is 5.56 Å². The minimum absolute atomic E-state index is 0.362. The zero-order valence-electron chi connectivity index (χ0n) is 11.2. The van der Waals surface area contributed by atoms with E-state index in [1.807, 2.05) is 49.4 Å². The Kier molecular flexibility index (Phi) is 3.74. The van der Waals surface area contributed by atoms with Gasteiger partial charge < -0.3 is 10.3 Å². The third-order valence-corrected chi connectivity index (χ3v) is 3.85. The molecular formula is C16H12BrClN2O. The van der Waals surface area contributed by atoms with Gasteiger partial charge in [-0.25, -0.2) is 0 Å². The van der Waals surface area contributed by atoms with Gasteiger partial charge >= 0.3 is 0 Å². The van der Waals surface area contributed by atoms with Crippen molar-refractivity contribution in [2.45, 2.75) is 6.92 Å². The first kappa shape index (κ1) is 14.2. The maximum absolute atomic E-state index is 6.13. The van der Waals surface area contributed by atoms with Crippen molar-refractivity contribution in [1.82, 2.24) is 5.16 Å². The third-order valence-electron chi connectivity index (χ3n) is 3.14. The lowest BCUT2D eigenvalue weighted by atomic mass is 10.0. The topological polar surface area (TPSA) is 52.0 Å². The Morgan fingerprint density at radius 3 is 2.67 bits per heavy atom. The van der Waals surface area contributed by atoms with Gasteiger partial charge in [-0.1, -0.05) is 44.8 Å². The van der Waals surface area contributed by atoms with Crippen LogP contribution in [0.5, 0.6) is 0 Å². The van der Waals surface area contributed by atoms with E-state index in [1.54, 1.807) is 0 Å². The lowest BCUT2D eigenvalue weighted by Crippen LogP contribution is -1.89. The van der Waals surface area contributed by atoms with Crippen molar-refractivity contribution in [1.29, 1.82) is 0 Å². The van der Waals surface area contributed by atoms with Crippen molar-refractivity contribution in [3.05, 3.63) is 57.5 Å². The first-order chi connectivity index (χ1) is 10.0. The molecule has 0 saturated carbocycles. The standard InChI is InChI=1S/C16H12BrClN2O/c1-9-5-11(8-13(18)6-9)15-14(16(19)20-21-15)10-3-2-4-12(17)7-10/h2-8H,1H3,(H2,19,20). The lowest BCUT2D eigenvalue weighted by molar-refractivity contribution is 0.436. The van der Waals surface area contributed by atoms with E-state index in [2.05, 4.69) is 21.1 Å². The molecule has 3 nitrogen and oxygen atoms in total. The van der Waals surface area contributed by atoms with Crippen LogP contribution in [0.15, 0.2) is 51.5 Å². The van der Waals surface area contributed by atoms with Crippen LogP contribution in [-0.4, -0.2) is 5.16 Å². The minimum atomic E-state index is 0.362. The molecule has 1 aromatic heterocycles. The Bertz CT molecular complexity index is 794. The van der Waals surface area contributed by atoms with Crippen LogP contribution < -0.4 is 5.73 Å². The second-order valence-electron chi connectivity index (χ2n) is 4.80. The summed E-state index contributed by atoms with van der Waals surface area (Å²) in [6, 6.07) is 13.6. The highest BCUT2D eigenvalue weighted by atomic mass is 79.9. The summed E-state index contributed by atoms with van der Waals surface area (Å²) >= 11 is 9.59. The monoisotopic (exact) mass is 362 g/mol. The molecule has 0 aliphatic carbocycles.